The Kier molecular flexibility index (Phi) is 3.68. The van der Waals surface area contributed by atoms with Crippen LogP contribution in [0.2, 0.25) is 0 Å². The van der Waals surface area contributed by atoms with Gasteiger partial charge < -0.3 is 14.4 Å². The van der Waals surface area contributed by atoms with Crippen LogP contribution in [0.25, 0.3) is 6.08 Å². The number of fused-ring (bicyclic) bond motifs is 2. The van der Waals surface area contributed by atoms with Crippen molar-refractivity contribution in [3.63, 3.8) is 0 Å². The van der Waals surface area contributed by atoms with Crippen LogP contribution in [0, 0.1) is 5.82 Å². The van der Waals surface area contributed by atoms with Crippen molar-refractivity contribution in [1.82, 2.24) is 4.90 Å². The zero-order chi connectivity index (χ0) is 16.7. The lowest BCUT2D eigenvalue weighted by atomic mass is 9.90. The van der Waals surface area contributed by atoms with Crippen molar-refractivity contribution in [2.45, 2.75) is 25.8 Å². The third-order valence-corrected chi connectivity index (χ3v) is 4.95. The molecule has 1 atom stereocenters. The van der Waals surface area contributed by atoms with E-state index in [-0.39, 0.29) is 18.7 Å². The van der Waals surface area contributed by atoms with Crippen LogP contribution in [-0.2, 0) is 6.42 Å². The third kappa shape index (κ3) is 2.62. The van der Waals surface area contributed by atoms with E-state index < -0.39 is 0 Å². The molecule has 2 aliphatic heterocycles. The minimum Gasteiger partial charge on any atom is -0.454 e. The van der Waals surface area contributed by atoms with E-state index in [0.717, 1.165) is 29.9 Å². The van der Waals surface area contributed by atoms with Crippen molar-refractivity contribution < 1.29 is 13.9 Å². The molecular formula is C20H20FNO2. The first-order valence-electron chi connectivity index (χ1n) is 8.21. The van der Waals surface area contributed by atoms with Gasteiger partial charge in [0.2, 0.25) is 6.79 Å². The molecule has 0 saturated carbocycles. The normalized spacial score (nSPS) is 18.4. The van der Waals surface area contributed by atoms with Crippen molar-refractivity contribution in [1.29, 1.82) is 0 Å². The number of aryl methyl sites for hydroxylation is 1. The second-order valence-electron chi connectivity index (χ2n) is 6.41. The topological polar surface area (TPSA) is 21.7 Å². The molecule has 124 valence electrons. The molecule has 0 amide bonds. The molecule has 3 nitrogen and oxygen atoms in total. The lowest BCUT2D eigenvalue weighted by Crippen LogP contribution is -2.27. The number of nitrogens with zero attached hydrogens (tertiary/aromatic N) is 1. The Morgan fingerprint density at radius 1 is 1.12 bits per heavy atom. The lowest BCUT2D eigenvalue weighted by molar-refractivity contribution is 0.174. The van der Waals surface area contributed by atoms with E-state index in [4.69, 9.17) is 9.47 Å². The third-order valence-electron chi connectivity index (χ3n) is 4.95. The Balaban J connectivity index is 1.63. The molecule has 0 saturated heterocycles. The summed E-state index contributed by atoms with van der Waals surface area (Å²) in [6, 6.07) is 11.2. The molecule has 0 spiro atoms. The molecule has 0 N–H and O–H groups in total. The van der Waals surface area contributed by atoms with E-state index in [1.165, 1.54) is 29.0 Å². The quantitative estimate of drug-likeness (QED) is 0.827. The van der Waals surface area contributed by atoms with Gasteiger partial charge in [-0.1, -0.05) is 12.1 Å². The van der Waals surface area contributed by atoms with E-state index >= 15 is 0 Å². The molecule has 0 aliphatic carbocycles. The molecule has 2 aromatic rings. The van der Waals surface area contributed by atoms with Crippen LogP contribution in [0.5, 0.6) is 11.5 Å². The summed E-state index contributed by atoms with van der Waals surface area (Å²) in [5, 5.41) is 0. The lowest BCUT2D eigenvalue weighted by Gasteiger charge is -2.36. The van der Waals surface area contributed by atoms with Crippen LogP contribution in [0.3, 0.4) is 0 Å². The summed E-state index contributed by atoms with van der Waals surface area (Å²) in [5.41, 5.74) is 4.83. The summed E-state index contributed by atoms with van der Waals surface area (Å²) in [6.07, 6.45) is 4.04. The monoisotopic (exact) mass is 325 g/mol. The maximum absolute atomic E-state index is 13.1. The fraction of sp³-hybridized carbons (Fsp3) is 0.300. The van der Waals surface area contributed by atoms with Gasteiger partial charge in [-0.2, -0.15) is 0 Å². The highest BCUT2D eigenvalue weighted by Gasteiger charge is 2.27. The summed E-state index contributed by atoms with van der Waals surface area (Å²) >= 11 is 0. The first kappa shape index (κ1) is 15.1. The van der Waals surface area contributed by atoms with Crippen LogP contribution in [0.4, 0.5) is 4.39 Å². The zero-order valence-corrected chi connectivity index (χ0v) is 13.9. The Labute approximate surface area is 141 Å². The number of rotatable bonds is 3. The first-order valence-corrected chi connectivity index (χ1v) is 8.21. The highest BCUT2D eigenvalue weighted by Crippen LogP contribution is 2.43. The maximum atomic E-state index is 13.1. The van der Waals surface area contributed by atoms with Gasteiger partial charge in [-0.05, 0) is 66.8 Å². The maximum Gasteiger partial charge on any atom is 0.231 e. The number of halogens is 1. The van der Waals surface area contributed by atoms with Crippen LogP contribution < -0.4 is 9.47 Å². The summed E-state index contributed by atoms with van der Waals surface area (Å²) < 4.78 is 24.1. The van der Waals surface area contributed by atoms with Crippen molar-refractivity contribution in [2.24, 2.45) is 0 Å². The predicted molar refractivity (Wildman–Crippen MR) is 91.4 cm³/mol. The Morgan fingerprint density at radius 2 is 1.83 bits per heavy atom. The smallest absolute Gasteiger partial charge is 0.231 e. The van der Waals surface area contributed by atoms with Gasteiger partial charge >= 0.3 is 0 Å². The molecule has 2 aromatic carbocycles. The number of allylic oxidation sites excluding steroid dienone is 1. The van der Waals surface area contributed by atoms with E-state index in [1.807, 2.05) is 12.1 Å². The Hall–Kier alpha value is -2.49. The second-order valence-corrected chi connectivity index (χ2v) is 6.41. The minimum absolute atomic E-state index is 0.189. The van der Waals surface area contributed by atoms with Gasteiger partial charge in [-0.25, -0.2) is 4.39 Å². The SMILES string of the molecule is CC1=Cc2cc3c(cc2C(CCc2ccc(F)cc2)N1C)OCO3. The van der Waals surface area contributed by atoms with Crippen molar-refractivity contribution in [3.8, 4) is 11.5 Å². The van der Waals surface area contributed by atoms with Crippen molar-refractivity contribution in [2.75, 3.05) is 13.8 Å². The average Bonchev–Trinajstić information content (AvgIpc) is 3.02. The minimum atomic E-state index is -0.189. The highest BCUT2D eigenvalue weighted by atomic mass is 19.1. The fourth-order valence-corrected chi connectivity index (χ4v) is 3.47. The van der Waals surface area contributed by atoms with Crippen molar-refractivity contribution >= 4 is 6.08 Å². The largest absolute Gasteiger partial charge is 0.454 e. The van der Waals surface area contributed by atoms with E-state index in [2.05, 4.69) is 37.1 Å². The molecule has 0 radical (unpaired) electrons. The molecule has 0 aromatic heterocycles. The molecule has 4 rings (SSSR count). The van der Waals surface area contributed by atoms with Gasteiger partial charge in [-0.15, -0.1) is 0 Å². The molecule has 0 fully saturated rings. The van der Waals surface area contributed by atoms with Crippen LogP contribution >= 0.6 is 0 Å². The molecule has 1 unspecified atom stereocenters. The zero-order valence-electron chi connectivity index (χ0n) is 13.9. The molecule has 4 heteroatoms. The fourth-order valence-electron chi connectivity index (χ4n) is 3.47. The summed E-state index contributed by atoms with van der Waals surface area (Å²) in [6.45, 7) is 2.41. The van der Waals surface area contributed by atoms with Gasteiger partial charge in [0.25, 0.3) is 0 Å². The van der Waals surface area contributed by atoms with E-state index in [0.29, 0.717) is 0 Å². The molecule has 2 heterocycles. The first-order chi connectivity index (χ1) is 11.6. The second kappa shape index (κ2) is 5.86. The standard InChI is InChI=1S/C20H20FNO2/c1-13-9-15-10-19-20(24-12-23-19)11-17(15)18(22(13)2)8-5-14-3-6-16(21)7-4-14/h3-4,6-7,9-11,18H,5,8,12H2,1-2H3. The predicted octanol–water partition coefficient (Wildman–Crippen LogP) is 4.53. The molecule has 2 aliphatic rings. The van der Waals surface area contributed by atoms with Gasteiger partial charge in [-0.3, -0.25) is 0 Å². The van der Waals surface area contributed by atoms with Crippen LogP contribution in [-0.4, -0.2) is 18.7 Å². The summed E-state index contributed by atoms with van der Waals surface area (Å²) in [4.78, 5) is 2.30. The molecule has 0 bridgehead atoms. The number of benzene rings is 2. The van der Waals surface area contributed by atoms with E-state index in [9.17, 15) is 4.39 Å². The van der Waals surface area contributed by atoms with Gasteiger partial charge in [0, 0.05) is 12.7 Å². The molecule has 24 heavy (non-hydrogen) atoms. The summed E-state index contributed by atoms with van der Waals surface area (Å²) in [5.74, 6) is 1.45. The Bertz CT molecular complexity index is 798. The molecular weight excluding hydrogens is 305 g/mol. The van der Waals surface area contributed by atoms with E-state index in [1.54, 1.807) is 0 Å². The average molecular weight is 325 g/mol. The Morgan fingerprint density at radius 3 is 2.58 bits per heavy atom. The summed E-state index contributed by atoms with van der Waals surface area (Å²) in [7, 11) is 2.12. The van der Waals surface area contributed by atoms with Gasteiger partial charge in [0.05, 0.1) is 6.04 Å². The van der Waals surface area contributed by atoms with Gasteiger partial charge in [0.15, 0.2) is 11.5 Å². The van der Waals surface area contributed by atoms with Crippen LogP contribution in [0.1, 0.15) is 36.1 Å². The van der Waals surface area contributed by atoms with Crippen molar-refractivity contribution in [3.05, 3.63) is 64.6 Å². The highest BCUT2D eigenvalue weighted by molar-refractivity contribution is 5.65. The number of hydrogen-bond donors (Lipinski definition) is 0. The van der Waals surface area contributed by atoms with Gasteiger partial charge in [0.1, 0.15) is 5.82 Å². The number of ether oxygens (including phenoxy) is 2. The van der Waals surface area contributed by atoms with Crippen LogP contribution in [0.15, 0.2) is 42.1 Å². The number of hydrogen-bond acceptors (Lipinski definition) is 3.